The van der Waals surface area contributed by atoms with Crippen LogP contribution in [0, 0.1) is 28.6 Å². The van der Waals surface area contributed by atoms with Crippen molar-refractivity contribution in [3.05, 3.63) is 23.8 Å². The highest BCUT2D eigenvalue weighted by Crippen LogP contribution is 2.71. The fourth-order valence-electron chi connectivity index (χ4n) is 7.84. The Kier molecular flexibility index (Phi) is 6.18. The molecule has 0 aromatic rings. The van der Waals surface area contributed by atoms with E-state index < -0.39 is 69.7 Å². The predicted octanol–water partition coefficient (Wildman–Crippen LogP) is 3.72. The van der Waals surface area contributed by atoms with Crippen molar-refractivity contribution in [2.45, 2.75) is 70.5 Å². The first-order valence-corrected chi connectivity index (χ1v) is 12.8. The van der Waals surface area contributed by atoms with Gasteiger partial charge in [0.2, 0.25) is 5.78 Å². The van der Waals surface area contributed by atoms with Gasteiger partial charge in [0, 0.05) is 35.8 Å². The van der Waals surface area contributed by atoms with Gasteiger partial charge in [-0.2, -0.15) is 0 Å². The lowest BCUT2D eigenvalue weighted by molar-refractivity contribution is -0.230. The maximum Gasteiger partial charge on any atom is 0.303 e. The highest BCUT2D eigenvalue weighted by molar-refractivity contribution is 7.93. The van der Waals surface area contributed by atoms with E-state index in [1.54, 1.807) is 20.1 Å². The molecule has 0 saturated heterocycles. The first-order valence-electron chi connectivity index (χ1n) is 11.6. The fourth-order valence-corrected chi connectivity index (χ4v) is 8.06. The van der Waals surface area contributed by atoms with Gasteiger partial charge < -0.3 is 14.0 Å². The largest absolute Gasteiger partial charge is 0.450 e. The van der Waals surface area contributed by atoms with Gasteiger partial charge in [0.15, 0.2) is 17.1 Å². The molecule has 34 heavy (non-hydrogen) atoms. The van der Waals surface area contributed by atoms with E-state index in [1.165, 1.54) is 26.0 Å². The molecule has 6 nitrogen and oxygen atoms in total. The van der Waals surface area contributed by atoms with E-state index in [0.717, 1.165) is 18.1 Å². The number of rotatable bonds is 5. The van der Waals surface area contributed by atoms with E-state index in [9.17, 15) is 19.5 Å². The summed E-state index contributed by atoms with van der Waals surface area (Å²) in [6, 6.07) is 0. The minimum atomic E-state index is -2.26. The molecule has 0 aromatic heterocycles. The molecule has 0 spiro atoms. The van der Waals surface area contributed by atoms with Crippen molar-refractivity contribution < 1.29 is 37.2 Å². The van der Waals surface area contributed by atoms with Gasteiger partial charge in [0.05, 0.1) is 6.10 Å². The van der Waals surface area contributed by atoms with Crippen molar-refractivity contribution >= 4 is 29.6 Å². The topological polar surface area (TPSA) is 89.9 Å². The normalized spacial score (nSPS) is 47.4. The number of alkyl halides is 2. The molecule has 1 N–H and O–H groups in total. The Morgan fingerprint density at radius 3 is 2.56 bits per heavy atom. The summed E-state index contributed by atoms with van der Waals surface area (Å²) in [5.74, 6) is -3.51. The monoisotopic (exact) mass is 498 g/mol. The van der Waals surface area contributed by atoms with Crippen LogP contribution >= 0.6 is 12.0 Å². The Morgan fingerprint density at radius 2 is 1.94 bits per heavy atom. The highest BCUT2D eigenvalue weighted by Gasteiger charge is 2.78. The van der Waals surface area contributed by atoms with Crippen LogP contribution in [-0.4, -0.2) is 59.1 Å². The Labute approximate surface area is 202 Å². The van der Waals surface area contributed by atoms with Crippen molar-refractivity contribution in [1.82, 2.24) is 0 Å². The van der Waals surface area contributed by atoms with Crippen molar-refractivity contribution in [2.75, 3.05) is 12.9 Å². The SMILES string of the molecule is CSOCC(=O)[C@@]1(OC(C)=O)[C@@H](C)CC2C3C[C@H](F)C4=CC(=O)C=C[C@]4(C)[C@@]3(F)[C@@H](O)C[C@@]21C. The molecule has 4 aliphatic rings. The van der Waals surface area contributed by atoms with Crippen LogP contribution in [0.3, 0.4) is 0 Å². The summed E-state index contributed by atoms with van der Waals surface area (Å²) in [5.41, 5.74) is -6.49. The lowest BCUT2D eigenvalue weighted by Gasteiger charge is -2.63. The zero-order valence-electron chi connectivity index (χ0n) is 20.1. The van der Waals surface area contributed by atoms with E-state index in [4.69, 9.17) is 8.92 Å². The molecule has 0 heterocycles. The zero-order chi connectivity index (χ0) is 25.3. The van der Waals surface area contributed by atoms with Crippen molar-refractivity contribution in [3.63, 3.8) is 0 Å². The van der Waals surface area contributed by atoms with E-state index >= 15 is 8.78 Å². The Bertz CT molecular complexity index is 982. The molecule has 0 radical (unpaired) electrons. The molecule has 0 aliphatic heterocycles. The summed E-state index contributed by atoms with van der Waals surface area (Å²) in [5, 5.41) is 11.4. The summed E-state index contributed by atoms with van der Waals surface area (Å²) < 4.78 is 43.9. The Balaban J connectivity index is 1.86. The number of hydrogen-bond acceptors (Lipinski definition) is 7. The Morgan fingerprint density at radius 1 is 1.26 bits per heavy atom. The maximum absolute atomic E-state index is 17.2. The lowest BCUT2D eigenvalue weighted by atomic mass is 9.44. The molecule has 9 heteroatoms. The molecule has 0 aromatic carbocycles. The van der Waals surface area contributed by atoms with Crippen molar-refractivity contribution in [2.24, 2.45) is 28.6 Å². The van der Waals surface area contributed by atoms with Crippen LogP contribution in [-0.2, 0) is 23.3 Å². The number of carbonyl (C=O) groups excluding carboxylic acids is 3. The third kappa shape index (κ3) is 3.08. The van der Waals surface area contributed by atoms with Crippen LogP contribution in [0.5, 0.6) is 0 Å². The van der Waals surface area contributed by atoms with Gasteiger partial charge in [-0.15, -0.1) is 0 Å². The number of aliphatic hydroxyl groups excluding tert-OH is 1. The van der Waals surface area contributed by atoms with Crippen LogP contribution in [0.2, 0.25) is 0 Å². The molecule has 3 saturated carbocycles. The van der Waals surface area contributed by atoms with E-state index in [0.29, 0.717) is 6.42 Å². The van der Waals surface area contributed by atoms with Gasteiger partial charge in [-0.25, -0.2) is 8.78 Å². The molecule has 188 valence electrons. The van der Waals surface area contributed by atoms with Gasteiger partial charge in [-0.3, -0.25) is 14.4 Å². The van der Waals surface area contributed by atoms with Gasteiger partial charge in [-0.05, 0) is 61.9 Å². The van der Waals surface area contributed by atoms with E-state index in [1.807, 2.05) is 0 Å². The molecular weight excluding hydrogens is 466 g/mol. The average molecular weight is 499 g/mol. The van der Waals surface area contributed by atoms with Crippen LogP contribution in [0.4, 0.5) is 8.78 Å². The first kappa shape index (κ1) is 25.5. The number of ether oxygens (including phenoxy) is 1. The van der Waals surface area contributed by atoms with E-state index in [2.05, 4.69) is 0 Å². The number of halogens is 2. The molecule has 4 rings (SSSR count). The van der Waals surface area contributed by atoms with Crippen LogP contribution in [0.25, 0.3) is 0 Å². The summed E-state index contributed by atoms with van der Waals surface area (Å²) in [4.78, 5) is 37.7. The molecule has 2 unspecified atom stereocenters. The average Bonchev–Trinajstić information content (AvgIpc) is 2.97. The van der Waals surface area contributed by atoms with Crippen molar-refractivity contribution in [3.8, 4) is 0 Å². The second-order valence-electron chi connectivity index (χ2n) is 10.7. The molecule has 9 atom stereocenters. The standard InChI is InChI=1S/C25H32F2O6S/c1-13-8-16-17-10-19(26)18-9-15(29)6-7-22(18,3)24(17,27)20(30)11-23(16,4)25(13,33-14(2)28)21(31)12-32-34-5/h6-7,9,13,16-17,19-20,30H,8,10-12H2,1-5H3/t13-,16?,17?,19-,20-,22-,23-,24-,25-/m0/s1. The minimum Gasteiger partial charge on any atom is -0.450 e. The van der Waals surface area contributed by atoms with Gasteiger partial charge >= 0.3 is 5.97 Å². The molecule has 0 amide bonds. The van der Waals surface area contributed by atoms with Gasteiger partial charge in [-0.1, -0.05) is 19.9 Å². The lowest BCUT2D eigenvalue weighted by Crippen LogP contribution is -2.71. The maximum atomic E-state index is 17.2. The second-order valence-corrected chi connectivity index (χ2v) is 11.2. The first-order chi connectivity index (χ1) is 15.8. The predicted molar refractivity (Wildman–Crippen MR) is 122 cm³/mol. The number of hydrogen-bond donors (Lipinski definition) is 1. The highest BCUT2D eigenvalue weighted by atomic mass is 32.2. The molecule has 4 aliphatic carbocycles. The number of allylic oxidation sites excluding steroid dienone is 4. The summed E-state index contributed by atoms with van der Waals surface area (Å²) in [6.07, 6.45) is 2.20. The summed E-state index contributed by atoms with van der Waals surface area (Å²) in [6.45, 7) is 5.95. The third-order valence-corrected chi connectivity index (χ3v) is 9.55. The molecule has 0 bridgehead atoms. The number of fused-ring (bicyclic) bond motifs is 5. The Hall–Kier alpha value is -1.58. The number of aliphatic hydroxyl groups is 1. The van der Waals surface area contributed by atoms with E-state index in [-0.39, 0.29) is 25.0 Å². The number of Topliss-reactive ketones (excluding diaryl/α,β-unsaturated/α-hetero) is 1. The smallest absolute Gasteiger partial charge is 0.303 e. The number of esters is 1. The van der Waals surface area contributed by atoms with Crippen LogP contribution in [0.15, 0.2) is 23.8 Å². The van der Waals surface area contributed by atoms with Crippen molar-refractivity contribution in [1.29, 1.82) is 0 Å². The summed E-state index contributed by atoms with van der Waals surface area (Å²) in [7, 11) is 0. The number of ketones is 2. The van der Waals surface area contributed by atoms with Crippen LogP contribution in [0.1, 0.15) is 47.0 Å². The fraction of sp³-hybridized carbons (Fsp3) is 0.720. The minimum absolute atomic E-state index is 0.0446. The quantitative estimate of drug-likeness (QED) is 0.456. The zero-order valence-corrected chi connectivity index (χ0v) is 20.9. The molecule has 3 fully saturated rings. The molecular formula is C25H32F2O6S. The summed E-state index contributed by atoms with van der Waals surface area (Å²) >= 11 is 1.00. The second kappa shape index (κ2) is 8.23. The van der Waals surface area contributed by atoms with Gasteiger partial charge in [0.1, 0.15) is 12.8 Å². The van der Waals surface area contributed by atoms with Gasteiger partial charge in [0.25, 0.3) is 0 Å². The third-order valence-electron chi connectivity index (χ3n) is 9.20. The number of carbonyl (C=O) groups is 3. The van der Waals surface area contributed by atoms with Crippen LogP contribution < -0.4 is 0 Å².